The quantitative estimate of drug-likeness (QED) is 0.876. The molecule has 0 spiro atoms. The fourth-order valence-electron chi connectivity index (χ4n) is 4.93. The van der Waals surface area contributed by atoms with Crippen molar-refractivity contribution in [2.75, 3.05) is 20.1 Å². The van der Waals surface area contributed by atoms with Crippen LogP contribution in [-0.4, -0.2) is 36.1 Å². The van der Waals surface area contributed by atoms with Crippen molar-refractivity contribution in [2.45, 2.75) is 43.7 Å². The molecule has 4 rings (SSSR count). The summed E-state index contributed by atoms with van der Waals surface area (Å²) in [5.41, 5.74) is 2.59. The number of hydrogen-bond acceptors (Lipinski definition) is 3. The first-order valence-electron chi connectivity index (χ1n) is 9.81. The van der Waals surface area contributed by atoms with Gasteiger partial charge < -0.3 is 5.32 Å². The van der Waals surface area contributed by atoms with Gasteiger partial charge in [-0.1, -0.05) is 24.6 Å². The monoisotopic (exact) mass is 353 g/mol. The summed E-state index contributed by atoms with van der Waals surface area (Å²) in [6, 6.07) is 12.3. The molecule has 138 valence electrons. The smallest absolute Gasteiger partial charge is 0.123 e. The fourth-order valence-corrected chi connectivity index (χ4v) is 4.93. The zero-order valence-corrected chi connectivity index (χ0v) is 15.4. The molecule has 0 bridgehead atoms. The van der Waals surface area contributed by atoms with Gasteiger partial charge in [0.25, 0.3) is 0 Å². The number of benzene rings is 1. The van der Waals surface area contributed by atoms with Crippen LogP contribution >= 0.6 is 0 Å². The molecule has 1 aliphatic heterocycles. The van der Waals surface area contributed by atoms with Crippen molar-refractivity contribution >= 4 is 0 Å². The lowest BCUT2D eigenvalue weighted by molar-refractivity contribution is 0.265. The van der Waals surface area contributed by atoms with Crippen LogP contribution in [0.4, 0.5) is 4.39 Å². The van der Waals surface area contributed by atoms with Gasteiger partial charge in [-0.05, 0) is 74.0 Å². The van der Waals surface area contributed by atoms with Crippen molar-refractivity contribution < 1.29 is 4.39 Å². The Hall–Kier alpha value is -1.78. The number of nitrogens with one attached hydrogen (secondary N) is 1. The Balaban J connectivity index is 1.42. The number of nitrogens with zero attached hydrogens (tertiary/aromatic N) is 2. The van der Waals surface area contributed by atoms with Crippen LogP contribution in [0.1, 0.15) is 48.8 Å². The van der Waals surface area contributed by atoms with Gasteiger partial charge in [0.1, 0.15) is 5.82 Å². The van der Waals surface area contributed by atoms with Crippen molar-refractivity contribution in [2.24, 2.45) is 5.92 Å². The SMILES string of the molecule is CN1CC[C@@H](CN[C@@H]2CCC[C@@H]2c2ccc(F)cc2)[C@@H]1c1cccnc1. The number of aromatic nitrogens is 1. The highest BCUT2D eigenvalue weighted by Crippen LogP contribution is 2.38. The van der Waals surface area contributed by atoms with Crippen molar-refractivity contribution in [3.63, 3.8) is 0 Å². The second-order valence-electron chi connectivity index (χ2n) is 7.86. The van der Waals surface area contributed by atoms with Gasteiger partial charge in [0, 0.05) is 31.0 Å². The summed E-state index contributed by atoms with van der Waals surface area (Å²) >= 11 is 0. The number of hydrogen-bond donors (Lipinski definition) is 1. The van der Waals surface area contributed by atoms with Crippen molar-refractivity contribution in [3.05, 3.63) is 65.7 Å². The van der Waals surface area contributed by atoms with E-state index in [9.17, 15) is 4.39 Å². The highest BCUT2D eigenvalue weighted by atomic mass is 19.1. The van der Waals surface area contributed by atoms with E-state index < -0.39 is 0 Å². The second kappa shape index (κ2) is 7.85. The molecule has 4 atom stereocenters. The Bertz CT molecular complexity index is 703. The Morgan fingerprint density at radius 1 is 1.12 bits per heavy atom. The topological polar surface area (TPSA) is 28.2 Å². The predicted molar refractivity (Wildman–Crippen MR) is 102 cm³/mol. The summed E-state index contributed by atoms with van der Waals surface area (Å²) in [7, 11) is 2.22. The maximum absolute atomic E-state index is 13.2. The van der Waals surface area contributed by atoms with Gasteiger partial charge in [-0.2, -0.15) is 0 Å². The zero-order valence-electron chi connectivity index (χ0n) is 15.4. The molecule has 1 saturated carbocycles. The van der Waals surface area contributed by atoms with Crippen LogP contribution in [0.5, 0.6) is 0 Å². The maximum atomic E-state index is 13.2. The lowest BCUT2D eigenvalue weighted by atomic mass is 9.91. The van der Waals surface area contributed by atoms with Gasteiger partial charge in [-0.15, -0.1) is 0 Å². The van der Waals surface area contributed by atoms with Crippen LogP contribution in [0.2, 0.25) is 0 Å². The van der Waals surface area contributed by atoms with E-state index in [4.69, 9.17) is 0 Å². The summed E-state index contributed by atoms with van der Waals surface area (Å²) in [6.45, 7) is 2.17. The molecule has 1 N–H and O–H groups in total. The van der Waals surface area contributed by atoms with Crippen molar-refractivity contribution in [1.82, 2.24) is 15.2 Å². The molecule has 2 aliphatic rings. The summed E-state index contributed by atoms with van der Waals surface area (Å²) < 4.78 is 13.2. The van der Waals surface area contributed by atoms with Gasteiger partial charge >= 0.3 is 0 Å². The lowest BCUT2D eigenvalue weighted by Gasteiger charge is -2.28. The number of rotatable bonds is 5. The van der Waals surface area contributed by atoms with Crippen LogP contribution < -0.4 is 5.32 Å². The van der Waals surface area contributed by atoms with Gasteiger partial charge in [0.15, 0.2) is 0 Å². The predicted octanol–water partition coefficient (Wildman–Crippen LogP) is 4.14. The number of pyridine rings is 1. The molecular formula is C22H28FN3. The molecule has 1 aromatic carbocycles. The maximum Gasteiger partial charge on any atom is 0.123 e. The molecule has 0 unspecified atom stereocenters. The largest absolute Gasteiger partial charge is 0.313 e. The van der Waals surface area contributed by atoms with Crippen LogP contribution in [0.3, 0.4) is 0 Å². The third-order valence-electron chi connectivity index (χ3n) is 6.26. The van der Waals surface area contributed by atoms with Gasteiger partial charge in [0.2, 0.25) is 0 Å². The van der Waals surface area contributed by atoms with E-state index in [2.05, 4.69) is 28.3 Å². The summed E-state index contributed by atoms with van der Waals surface area (Å²) in [5, 5.41) is 3.87. The Kier molecular flexibility index (Phi) is 5.32. The van der Waals surface area contributed by atoms with Crippen molar-refractivity contribution in [1.29, 1.82) is 0 Å². The Labute approximate surface area is 155 Å². The Morgan fingerprint density at radius 2 is 1.96 bits per heavy atom. The zero-order chi connectivity index (χ0) is 17.9. The fraction of sp³-hybridized carbons (Fsp3) is 0.500. The van der Waals surface area contributed by atoms with Gasteiger partial charge in [-0.3, -0.25) is 9.88 Å². The van der Waals surface area contributed by atoms with Crippen molar-refractivity contribution in [3.8, 4) is 0 Å². The van der Waals surface area contributed by atoms with E-state index in [0.29, 0.717) is 23.9 Å². The first-order chi connectivity index (χ1) is 12.7. The minimum atomic E-state index is -0.149. The molecule has 2 heterocycles. The average Bonchev–Trinajstić information content (AvgIpc) is 3.28. The molecule has 2 fully saturated rings. The number of halogens is 1. The van der Waals surface area contributed by atoms with Crippen LogP contribution in [0, 0.1) is 11.7 Å². The minimum absolute atomic E-state index is 0.149. The minimum Gasteiger partial charge on any atom is -0.313 e. The first-order valence-corrected chi connectivity index (χ1v) is 9.81. The van der Waals surface area contributed by atoms with Crippen LogP contribution in [-0.2, 0) is 0 Å². The van der Waals surface area contributed by atoms with E-state index in [-0.39, 0.29) is 5.82 Å². The molecule has 1 saturated heterocycles. The average molecular weight is 353 g/mol. The molecule has 1 aromatic heterocycles. The van der Waals surface area contributed by atoms with E-state index >= 15 is 0 Å². The van der Waals surface area contributed by atoms with E-state index in [1.54, 1.807) is 12.1 Å². The van der Waals surface area contributed by atoms with Gasteiger partial charge in [-0.25, -0.2) is 4.39 Å². The summed E-state index contributed by atoms with van der Waals surface area (Å²) in [4.78, 5) is 6.77. The normalized spacial score (nSPS) is 29.3. The second-order valence-corrected chi connectivity index (χ2v) is 7.86. The third kappa shape index (κ3) is 3.67. The first kappa shape index (κ1) is 17.6. The molecule has 0 radical (unpaired) electrons. The van der Waals surface area contributed by atoms with E-state index in [0.717, 1.165) is 13.1 Å². The molecule has 4 heteroatoms. The number of likely N-dealkylation sites (tertiary alicyclic amines) is 1. The highest BCUT2D eigenvalue weighted by Gasteiger charge is 2.35. The summed E-state index contributed by atoms with van der Waals surface area (Å²) in [6.07, 6.45) is 8.73. The van der Waals surface area contributed by atoms with E-state index in [1.165, 1.54) is 36.8 Å². The third-order valence-corrected chi connectivity index (χ3v) is 6.26. The highest BCUT2D eigenvalue weighted by molar-refractivity contribution is 5.23. The molecular weight excluding hydrogens is 325 g/mol. The molecule has 1 aliphatic carbocycles. The molecule has 2 aromatic rings. The lowest BCUT2D eigenvalue weighted by Crippen LogP contribution is -2.36. The molecule has 0 amide bonds. The molecule has 26 heavy (non-hydrogen) atoms. The van der Waals surface area contributed by atoms with Gasteiger partial charge in [0.05, 0.1) is 0 Å². The standard InChI is InChI=1S/C22H28FN3/c1-26-13-11-18(22(26)17-4-3-12-24-14-17)15-25-21-6-2-5-20(21)16-7-9-19(23)10-8-16/h3-4,7-10,12,14,18,20-22,25H,2,5-6,11,13,15H2,1H3/t18-,20+,21+,22-/m0/s1. The Morgan fingerprint density at radius 3 is 2.73 bits per heavy atom. The molecule has 3 nitrogen and oxygen atoms in total. The van der Waals surface area contributed by atoms with Crippen LogP contribution in [0.15, 0.2) is 48.8 Å². The van der Waals surface area contributed by atoms with Crippen LogP contribution in [0.25, 0.3) is 0 Å². The van der Waals surface area contributed by atoms with E-state index in [1.807, 2.05) is 30.6 Å². The summed E-state index contributed by atoms with van der Waals surface area (Å²) in [5.74, 6) is 0.967.